The monoisotopic (exact) mass is 423 g/mol. The van der Waals surface area contributed by atoms with E-state index in [0.29, 0.717) is 17.7 Å². The van der Waals surface area contributed by atoms with E-state index in [1.54, 1.807) is 25.2 Å². The number of anilines is 1. The van der Waals surface area contributed by atoms with E-state index >= 15 is 0 Å². The van der Waals surface area contributed by atoms with Gasteiger partial charge in [-0.25, -0.2) is 0 Å². The molecule has 1 aromatic rings. The number of rotatable bonds is 7. The summed E-state index contributed by atoms with van der Waals surface area (Å²) >= 11 is 3.37. The number of ketones is 2. The number of carbonyl (C=O) groups is 4. The zero-order valence-electron chi connectivity index (χ0n) is 15.2. The number of Topliss-reactive ketones (excluding diaryl/α,β-unsaturated/α-hetero) is 2. The van der Waals surface area contributed by atoms with E-state index in [4.69, 9.17) is 4.74 Å². The second kappa shape index (κ2) is 8.12. The molecule has 0 radical (unpaired) electrons. The molecule has 7 heteroatoms. The molecule has 0 fully saturated rings. The summed E-state index contributed by atoms with van der Waals surface area (Å²) in [5.41, 5.74) is 1.26. The third-order valence-corrected chi connectivity index (χ3v) is 5.09. The topological polar surface area (TPSA) is 80.8 Å². The Kier molecular flexibility index (Phi) is 6.34. The lowest BCUT2D eigenvalue weighted by molar-refractivity contribution is -0.157. The van der Waals surface area contributed by atoms with Gasteiger partial charge in [0.1, 0.15) is 11.6 Å². The van der Waals surface area contributed by atoms with Crippen LogP contribution in [0.2, 0.25) is 0 Å². The van der Waals surface area contributed by atoms with Gasteiger partial charge >= 0.3 is 5.97 Å². The largest absolute Gasteiger partial charge is 0.465 e. The van der Waals surface area contributed by atoms with E-state index < -0.39 is 35.3 Å². The maximum atomic E-state index is 12.9. The van der Waals surface area contributed by atoms with Crippen LogP contribution in [0.5, 0.6) is 0 Å². The summed E-state index contributed by atoms with van der Waals surface area (Å²) in [5, 5.41) is 0. The molecule has 0 saturated heterocycles. The number of hydrogen-bond donors (Lipinski definition) is 0. The highest BCUT2D eigenvalue weighted by Gasteiger charge is 2.50. The number of likely N-dealkylation sites (N-methyl/N-ethyl adjacent to an activating group) is 1. The summed E-state index contributed by atoms with van der Waals surface area (Å²) < 4.78 is 6.03. The van der Waals surface area contributed by atoms with Crippen molar-refractivity contribution in [2.24, 2.45) is 11.8 Å². The van der Waals surface area contributed by atoms with E-state index in [-0.39, 0.29) is 12.5 Å². The van der Waals surface area contributed by atoms with Gasteiger partial charge in [0.2, 0.25) is 5.91 Å². The van der Waals surface area contributed by atoms with Crippen LogP contribution in [-0.4, -0.2) is 37.1 Å². The van der Waals surface area contributed by atoms with Gasteiger partial charge in [-0.1, -0.05) is 28.9 Å². The fraction of sp³-hybridized carbons (Fsp3) is 0.474. The van der Waals surface area contributed by atoms with Gasteiger partial charge in [0.05, 0.1) is 24.4 Å². The Labute approximate surface area is 161 Å². The Bertz CT molecular complexity index is 746. The molecular weight excluding hydrogens is 402 g/mol. The molecule has 1 aliphatic heterocycles. The Morgan fingerprint density at radius 3 is 2.38 bits per heavy atom. The van der Waals surface area contributed by atoms with Gasteiger partial charge in [0.15, 0.2) is 0 Å². The molecule has 0 spiro atoms. The van der Waals surface area contributed by atoms with E-state index in [1.165, 1.54) is 18.7 Å². The summed E-state index contributed by atoms with van der Waals surface area (Å²) in [6, 6.07) is 5.28. The van der Waals surface area contributed by atoms with Crippen LogP contribution >= 0.6 is 15.9 Å². The number of esters is 1. The summed E-state index contributed by atoms with van der Waals surface area (Å²) in [6.45, 7) is 4.54. The third-order valence-electron chi connectivity index (χ3n) is 4.60. The summed E-state index contributed by atoms with van der Waals surface area (Å²) in [6.07, 6.45) is 0.602. The molecule has 6 nitrogen and oxygen atoms in total. The first-order valence-electron chi connectivity index (χ1n) is 8.45. The number of nitrogens with zero attached hydrogens (tertiary/aromatic N) is 1. The van der Waals surface area contributed by atoms with Gasteiger partial charge in [-0.15, -0.1) is 0 Å². The first-order valence-corrected chi connectivity index (χ1v) is 9.24. The molecule has 2 rings (SSSR count). The zero-order chi connectivity index (χ0) is 19.6. The van der Waals surface area contributed by atoms with Gasteiger partial charge in [-0.2, -0.15) is 0 Å². The van der Waals surface area contributed by atoms with Crippen LogP contribution in [-0.2, 0) is 23.9 Å². The highest BCUT2D eigenvalue weighted by molar-refractivity contribution is 9.10. The normalized spacial score (nSPS) is 17.2. The van der Waals surface area contributed by atoms with E-state index in [2.05, 4.69) is 15.9 Å². The van der Waals surface area contributed by atoms with Crippen molar-refractivity contribution in [3.05, 3.63) is 28.2 Å². The molecule has 0 N–H and O–H groups in total. The second-order valence-corrected chi connectivity index (χ2v) is 7.39. The molecule has 2 unspecified atom stereocenters. The van der Waals surface area contributed by atoms with E-state index in [1.807, 2.05) is 6.92 Å². The average Bonchev–Trinajstić information content (AvgIpc) is 2.80. The number of carbonyl (C=O) groups excluding carboxylic acids is 4. The smallest absolute Gasteiger partial charge is 0.311 e. The molecule has 2 atom stereocenters. The Morgan fingerprint density at radius 1 is 1.23 bits per heavy atom. The van der Waals surface area contributed by atoms with Crippen LogP contribution in [0, 0.1) is 11.8 Å². The van der Waals surface area contributed by atoms with Gasteiger partial charge < -0.3 is 9.64 Å². The number of halogens is 1. The lowest BCUT2D eigenvalue weighted by Gasteiger charge is -2.26. The molecule has 1 heterocycles. The minimum atomic E-state index is -1.21. The lowest BCUT2D eigenvalue weighted by Crippen LogP contribution is -2.42. The van der Waals surface area contributed by atoms with Gasteiger partial charge in [-0.05, 0) is 38.0 Å². The third kappa shape index (κ3) is 3.72. The van der Waals surface area contributed by atoms with Crippen molar-refractivity contribution in [3.8, 4) is 0 Å². The van der Waals surface area contributed by atoms with Crippen molar-refractivity contribution in [2.75, 3.05) is 18.6 Å². The zero-order valence-corrected chi connectivity index (χ0v) is 16.8. The van der Waals surface area contributed by atoms with Crippen LogP contribution in [0.1, 0.15) is 38.7 Å². The molecule has 140 valence electrons. The number of hydrogen-bond acceptors (Lipinski definition) is 5. The Balaban J connectivity index is 2.58. The molecular formula is C19H22BrNO5. The summed E-state index contributed by atoms with van der Waals surface area (Å²) in [4.78, 5) is 51.4. The summed E-state index contributed by atoms with van der Waals surface area (Å²) in [5.74, 6) is -5.22. The number of benzene rings is 1. The molecule has 0 saturated carbocycles. The van der Waals surface area contributed by atoms with Crippen LogP contribution < -0.4 is 4.90 Å². The highest BCUT2D eigenvalue weighted by atomic mass is 79.9. The minimum absolute atomic E-state index is 0.168. The number of ether oxygens (including phenoxy) is 1. The van der Waals surface area contributed by atoms with E-state index in [0.717, 1.165) is 4.47 Å². The van der Waals surface area contributed by atoms with Crippen molar-refractivity contribution < 1.29 is 23.9 Å². The molecule has 26 heavy (non-hydrogen) atoms. The highest BCUT2D eigenvalue weighted by Crippen LogP contribution is 2.45. The maximum absolute atomic E-state index is 12.9. The van der Waals surface area contributed by atoms with Gasteiger partial charge in [0, 0.05) is 17.2 Å². The van der Waals surface area contributed by atoms with Gasteiger partial charge in [-0.3, -0.25) is 19.2 Å². The van der Waals surface area contributed by atoms with Crippen LogP contribution in [0.3, 0.4) is 0 Å². The molecule has 0 aromatic heterocycles. The Hall–Kier alpha value is -2.02. The van der Waals surface area contributed by atoms with Crippen LogP contribution in [0.25, 0.3) is 0 Å². The quantitative estimate of drug-likeness (QED) is 0.497. The van der Waals surface area contributed by atoms with Gasteiger partial charge in [0.25, 0.3) is 0 Å². The van der Waals surface area contributed by atoms with Crippen molar-refractivity contribution in [2.45, 2.75) is 33.1 Å². The fourth-order valence-electron chi connectivity index (χ4n) is 3.43. The molecule has 0 bridgehead atoms. The van der Waals surface area contributed by atoms with Crippen molar-refractivity contribution >= 4 is 45.1 Å². The molecule has 1 aromatic carbocycles. The number of fused-ring (bicyclic) bond motifs is 1. The standard InChI is InChI=1S/C19H22BrNO5/c1-5-8-26-19(25)17(15(10(2)22)11(3)23)16-13-7-6-12(20)9-14(13)21(4)18(16)24/h6-7,9,15-17H,5,8H2,1-4H3. The maximum Gasteiger partial charge on any atom is 0.311 e. The first kappa shape index (κ1) is 20.3. The van der Waals surface area contributed by atoms with Crippen molar-refractivity contribution in [1.29, 1.82) is 0 Å². The van der Waals surface area contributed by atoms with Crippen LogP contribution in [0.4, 0.5) is 5.69 Å². The van der Waals surface area contributed by atoms with Crippen LogP contribution in [0.15, 0.2) is 22.7 Å². The van der Waals surface area contributed by atoms with E-state index in [9.17, 15) is 19.2 Å². The fourth-order valence-corrected chi connectivity index (χ4v) is 3.78. The summed E-state index contributed by atoms with van der Waals surface area (Å²) in [7, 11) is 1.61. The lowest BCUT2D eigenvalue weighted by atomic mass is 9.75. The second-order valence-electron chi connectivity index (χ2n) is 6.47. The molecule has 0 aliphatic carbocycles. The minimum Gasteiger partial charge on any atom is -0.465 e. The predicted molar refractivity (Wildman–Crippen MR) is 99.9 cm³/mol. The predicted octanol–water partition coefficient (Wildman–Crippen LogP) is 2.87. The van der Waals surface area contributed by atoms with Crippen molar-refractivity contribution in [3.63, 3.8) is 0 Å². The average molecular weight is 424 g/mol. The first-order chi connectivity index (χ1) is 12.2. The molecule has 1 amide bonds. The van der Waals surface area contributed by atoms with Crippen molar-refractivity contribution in [1.82, 2.24) is 0 Å². The number of amides is 1. The SMILES string of the molecule is CCCOC(=O)C(C(C(C)=O)C(C)=O)C1C(=O)N(C)c2cc(Br)ccc21. The molecule has 1 aliphatic rings. The Morgan fingerprint density at radius 2 is 1.85 bits per heavy atom.